The third kappa shape index (κ3) is 3.03. The molecular formula is C15H21NO2. The van der Waals surface area contributed by atoms with Crippen LogP contribution in [0.15, 0.2) is 30.3 Å². The van der Waals surface area contributed by atoms with Gasteiger partial charge < -0.3 is 9.64 Å². The fourth-order valence-corrected chi connectivity index (χ4v) is 2.30. The lowest BCUT2D eigenvalue weighted by molar-refractivity contribution is -0.146. The summed E-state index contributed by atoms with van der Waals surface area (Å²) in [6.07, 6.45) is 3.43. The van der Waals surface area contributed by atoms with Crippen molar-refractivity contribution >= 4 is 5.91 Å². The van der Waals surface area contributed by atoms with Gasteiger partial charge in [0.25, 0.3) is 5.91 Å². The predicted molar refractivity (Wildman–Crippen MR) is 71.6 cm³/mol. The van der Waals surface area contributed by atoms with Gasteiger partial charge in [-0.05, 0) is 45.2 Å². The number of carbonyl (C=O) groups excluding carboxylic acids is 1. The predicted octanol–water partition coefficient (Wildman–Crippen LogP) is 2.86. The van der Waals surface area contributed by atoms with E-state index < -0.39 is 5.60 Å². The summed E-state index contributed by atoms with van der Waals surface area (Å²) in [7, 11) is 0. The van der Waals surface area contributed by atoms with Gasteiger partial charge in [0.15, 0.2) is 5.60 Å². The van der Waals surface area contributed by atoms with Crippen molar-refractivity contribution in [2.45, 2.75) is 38.7 Å². The van der Waals surface area contributed by atoms with E-state index in [9.17, 15) is 4.79 Å². The first-order chi connectivity index (χ1) is 8.59. The van der Waals surface area contributed by atoms with Crippen molar-refractivity contribution in [3.05, 3.63) is 30.3 Å². The van der Waals surface area contributed by atoms with Crippen molar-refractivity contribution in [1.29, 1.82) is 0 Å². The van der Waals surface area contributed by atoms with Crippen LogP contribution in [0.3, 0.4) is 0 Å². The van der Waals surface area contributed by atoms with Crippen molar-refractivity contribution in [2.24, 2.45) is 0 Å². The highest BCUT2D eigenvalue weighted by atomic mass is 16.5. The van der Waals surface area contributed by atoms with E-state index in [0.717, 1.165) is 31.7 Å². The Morgan fingerprint density at radius 2 is 1.72 bits per heavy atom. The minimum absolute atomic E-state index is 0.0889. The molecule has 1 fully saturated rings. The van der Waals surface area contributed by atoms with Crippen LogP contribution in [0.5, 0.6) is 5.75 Å². The van der Waals surface area contributed by atoms with Crippen LogP contribution in [0.25, 0.3) is 0 Å². The molecule has 1 aromatic rings. The number of rotatable bonds is 3. The summed E-state index contributed by atoms with van der Waals surface area (Å²) < 4.78 is 5.83. The summed E-state index contributed by atoms with van der Waals surface area (Å²) in [6.45, 7) is 5.41. The van der Waals surface area contributed by atoms with Gasteiger partial charge in [-0.15, -0.1) is 0 Å². The highest BCUT2D eigenvalue weighted by molar-refractivity contribution is 5.84. The minimum Gasteiger partial charge on any atom is -0.478 e. The van der Waals surface area contributed by atoms with Crippen LogP contribution in [0.4, 0.5) is 0 Å². The molecule has 1 amide bonds. The summed E-state index contributed by atoms with van der Waals surface area (Å²) >= 11 is 0. The number of hydrogen-bond donors (Lipinski definition) is 0. The highest BCUT2D eigenvalue weighted by Crippen LogP contribution is 2.21. The Bertz CT molecular complexity index is 394. The summed E-state index contributed by atoms with van der Waals surface area (Å²) in [5.41, 5.74) is -0.793. The van der Waals surface area contributed by atoms with E-state index in [-0.39, 0.29) is 5.91 Å². The van der Waals surface area contributed by atoms with Crippen LogP contribution in [0.2, 0.25) is 0 Å². The Kier molecular flexibility index (Phi) is 3.90. The first-order valence-corrected chi connectivity index (χ1v) is 6.63. The SMILES string of the molecule is CC(C)(Oc1ccccc1)C(=O)N1CCCCC1. The molecule has 1 saturated heterocycles. The van der Waals surface area contributed by atoms with Crippen molar-refractivity contribution in [2.75, 3.05) is 13.1 Å². The molecule has 1 aliphatic heterocycles. The lowest BCUT2D eigenvalue weighted by atomic mass is 10.0. The molecule has 3 heteroatoms. The second-order valence-corrected chi connectivity index (χ2v) is 5.28. The van der Waals surface area contributed by atoms with E-state index >= 15 is 0 Å². The van der Waals surface area contributed by atoms with Crippen molar-refractivity contribution in [1.82, 2.24) is 4.90 Å². The van der Waals surface area contributed by atoms with E-state index in [4.69, 9.17) is 4.74 Å². The standard InChI is InChI=1S/C15H21NO2/c1-15(2,18-13-9-5-3-6-10-13)14(17)16-11-7-4-8-12-16/h3,5-6,9-10H,4,7-8,11-12H2,1-2H3. The number of likely N-dealkylation sites (tertiary alicyclic amines) is 1. The molecule has 1 aliphatic rings. The van der Waals surface area contributed by atoms with E-state index in [1.807, 2.05) is 49.1 Å². The molecule has 0 spiro atoms. The first kappa shape index (κ1) is 12.9. The van der Waals surface area contributed by atoms with Crippen LogP contribution < -0.4 is 4.74 Å². The van der Waals surface area contributed by atoms with Crippen molar-refractivity contribution < 1.29 is 9.53 Å². The molecule has 18 heavy (non-hydrogen) atoms. The highest BCUT2D eigenvalue weighted by Gasteiger charge is 2.34. The molecule has 0 aliphatic carbocycles. The molecule has 0 saturated carbocycles. The second-order valence-electron chi connectivity index (χ2n) is 5.28. The number of hydrogen-bond acceptors (Lipinski definition) is 2. The van der Waals surface area contributed by atoms with Crippen molar-refractivity contribution in [3.8, 4) is 5.75 Å². The molecule has 2 rings (SSSR count). The number of benzene rings is 1. The third-order valence-corrected chi connectivity index (χ3v) is 3.27. The number of piperidine rings is 1. The lowest BCUT2D eigenvalue weighted by Crippen LogP contribution is -2.50. The second kappa shape index (κ2) is 5.42. The van der Waals surface area contributed by atoms with Crippen molar-refractivity contribution in [3.63, 3.8) is 0 Å². The summed E-state index contributed by atoms with van der Waals surface area (Å²) in [5, 5.41) is 0. The largest absolute Gasteiger partial charge is 0.478 e. The molecule has 3 nitrogen and oxygen atoms in total. The molecule has 0 N–H and O–H groups in total. The van der Waals surface area contributed by atoms with Gasteiger partial charge in [-0.2, -0.15) is 0 Å². The van der Waals surface area contributed by atoms with Gasteiger partial charge >= 0.3 is 0 Å². The van der Waals surface area contributed by atoms with Crippen LogP contribution in [-0.4, -0.2) is 29.5 Å². The van der Waals surface area contributed by atoms with Crippen LogP contribution in [0, 0.1) is 0 Å². The minimum atomic E-state index is -0.793. The zero-order chi connectivity index (χ0) is 13.0. The average Bonchev–Trinajstić information content (AvgIpc) is 2.39. The molecule has 0 unspecified atom stereocenters. The number of nitrogens with zero attached hydrogens (tertiary/aromatic N) is 1. The van der Waals surface area contributed by atoms with Gasteiger partial charge in [0.2, 0.25) is 0 Å². The van der Waals surface area contributed by atoms with E-state index in [1.54, 1.807) is 0 Å². The Morgan fingerprint density at radius 3 is 2.33 bits per heavy atom. The number of ether oxygens (including phenoxy) is 1. The number of para-hydroxylation sites is 1. The topological polar surface area (TPSA) is 29.5 Å². The maximum absolute atomic E-state index is 12.4. The quantitative estimate of drug-likeness (QED) is 0.822. The summed E-state index contributed by atoms with van der Waals surface area (Å²) in [5.74, 6) is 0.832. The fraction of sp³-hybridized carbons (Fsp3) is 0.533. The molecule has 0 bridgehead atoms. The fourth-order valence-electron chi connectivity index (χ4n) is 2.30. The summed E-state index contributed by atoms with van der Waals surface area (Å²) in [6, 6.07) is 9.52. The third-order valence-electron chi connectivity index (χ3n) is 3.27. The number of amides is 1. The lowest BCUT2D eigenvalue weighted by Gasteiger charge is -2.34. The molecule has 98 valence electrons. The monoisotopic (exact) mass is 247 g/mol. The maximum Gasteiger partial charge on any atom is 0.266 e. The van der Waals surface area contributed by atoms with Crippen LogP contribution >= 0.6 is 0 Å². The Balaban J connectivity index is 2.03. The van der Waals surface area contributed by atoms with Gasteiger partial charge in [-0.3, -0.25) is 4.79 Å². The molecule has 0 radical (unpaired) electrons. The zero-order valence-electron chi connectivity index (χ0n) is 11.2. The van der Waals surface area contributed by atoms with Crippen LogP contribution in [-0.2, 0) is 4.79 Å². The van der Waals surface area contributed by atoms with Gasteiger partial charge in [0.1, 0.15) is 5.75 Å². The normalized spacial score (nSPS) is 16.4. The van der Waals surface area contributed by atoms with Gasteiger partial charge in [0.05, 0.1) is 0 Å². The molecule has 1 aromatic carbocycles. The molecular weight excluding hydrogens is 226 g/mol. The molecule has 0 aromatic heterocycles. The van der Waals surface area contributed by atoms with Crippen LogP contribution in [0.1, 0.15) is 33.1 Å². The maximum atomic E-state index is 12.4. The number of carbonyl (C=O) groups is 1. The average molecular weight is 247 g/mol. The summed E-state index contributed by atoms with van der Waals surface area (Å²) in [4.78, 5) is 14.3. The molecule has 1 heterocycles. The van der Waals surface area contributed by atoms with E-state index in [0.29, 0.717) is 0 Å². The first-order valence-electron chi connectivity index (χ1n) is 6.63. The molecule has 0 atom stereocenters. The van der Waals surface area contributed by atoms with Gasteiger partial charge in [-0.1, -0.05) is 18.2 Å². The van der Waals surface area contributed by atoms with E-state index in [2.05, 4.69) is 0 Å². The smallest absolute Gasteiger partial charge is 0.266 e. The Labute approximate surface area is 109 Å². The van der Waals surface area contributed by atoms with E-state index in [1.165, 1.54) is 6.42 Å². The van der Waals surface area contributed by atoms with Gasteiger partial charge in [0, 0.05) is 13.1 Å². The van der Waals surface area contributed by atoms with Gasteiger partial charge in [-0.25, -0.2) is 0 Å². The Morgan fingerprint density at radius 1 is 1.11 bits per heavy atom. The Hall–Kier alpha value is -1.51. The zero-order valence-corrected chi connectivity index (χ0v) is 11.2.